The maximum Gasteiger partial charge on any atom is 0.242 e. The monoisotopic (exact) mass is 298 g/mol. The number of para-hydroxylation sites is 1. The van der Waals surface area contributed by atoms with E-state index in [9.17, 15) is 4.79 Å². The van der Waals surface area contributed by atoms with Gasteiger partial charge in [0.15, 0.2) is 0 Å². The molecule has 5 nitrogen and oxygen atoms in total. The zero-order valence-corrected chi connectivity index (χ0v) is 13.1. The first-order valence-corrected chi connectivity index (χ1v) is 7.71. The molecule has 0 saturated carbocycles. The molecule has 1 saturated heterocycles. The molecule has 2 heterocycles. The summed E-state index contributed by atoms with van der Waals surface area (Å²) in [5.41, 5.74) is 2.56. The van der Waals surface area contributed by atoms with Crippen LogP contribution in [0.3, 0.4) is 0 Å². The average molecular weight is 298 g/mol. The van der Waals surface area contributed by atoms with E-state index in [1.165, 1.54) is 11.3 Å². The molecule has 0 aliphatic carbocycles. The Morgan fingerprint density at radius 2 is 2.14 bits per heavy atom. The lowest BCUT2D eigenvalue weighted by Crippen LogP contribution is -2.54. The first-order valence-electron chi connectivity index (χ1n) is 7.71. The number of anilines is 1. The molecule has 1 amide bonds. The number of amides is 1. The summed E-state index contributed by atoms with van der Waals surface area (Å²) in [6.45, 7) is 7.15. The van der Waals surface area contributed by atoms with Gasteiger partial charge in [0, 0.05) is 43.8 Å². The van der Waals surface area contributed by atoms with E-state index in [0.29, 0.717) is 6.54 Å². The van der Waals surface area contributed by atoms with Gasteiger partial charge in [-0.3, -0.25) is 4.79 Å². The molecule has 1 atom stereocenters. The Morgan fingerprint density at radius 1 is 1.32 bits per heavy atom. The van der Waals surface area contributed by atoms with Crippen molar-refractivity contribution in [2.45, 2.75) is 26.4 Å². The second-order valence-corrected chi connectivity index (χ2v) is 5.90. The van der Waals surface area contributed by atoms with Crippen LogP contribution in [0.5, 0.6) is 0 Å². The van der Waals surface area contributed by atoms with E-state index in [1.807, 2.05) is 15.7 Å². The number of aryl methyl sites for hydroxylation is 1. The van der Waals surface area contributed by atoms with Gasteiger partial charge in [-0.05, 0) is 25.5 Å². The van der Waals surface area contributed by atoms with Gasteiger partial charge < -0.3 is 14.4 Å². The maximum atomic E-state index is 12.4. The Labute approximate surface area is 131 Å². The smallest absolute Gasteiger partial charge is 0.242 e. The molecular formula is C17H22N4O. The van der Waals surface area contributed by atoms with Crippen molar-refractivity contribution in [3.05, 3.63) is 48.5 Å². The standard InChI is InChI=1S/C17H22N4O/c1-14-5-3-4-6-16(14)20-9-10-21(15(2)11-20)17(22)12-19-8-7-18-13-19/h3-8,13,15H,9-12H2,1-2H3/t15-/m1/s1. The number of aromatic nitrogens is 2. The lowest BCUT2D eigenvalue weighted by Gasteiger charge is -2.41. The van der Waals surface area contributed by atoms with E-state index < -0.39 is 0 Å². The number of imidazole rings is 1. The van der Waals surface area contributed by atoms with Gasteiger partial charge in [0.2, 0.25) is 5.91 Å². The number of benzene rings is 1. The van der Waals surface area contributed by atoms with Gasteiger partial charge in [-0.15, -0.1) is 0 Å². The first-order chi connectivity index (χ1) is 10.6. The normalized spacial score (nSPS) is 18.5. The third kappa shape index (κ3) is 2.98. The molecule has 1 fully saturated rings. The molecule has 1 aliphatic heterocycles. The third-order valence-corrected chi connectivity index (χ3v) is 4.28. The Kier molecular flexibility index (Phi) is 4.13. The highest BCUT2D eigenvalue weighted by molar-refractivity contribution is 5.76. The zero-order valence-electron chi connectivity index (χ0n) is 13.1. The van der Waals surface area contributed by atoms with Crippen molar-refractivity contribution < 1.29 is 4.79 Å². The van der Waals surface area contributed by atoms with Gasteiger partial charge in [0.25, 0.3) is 0 Å². The first kappa shape index (κ1) is 14.6. The highest BCUT2D eigenvalue weighted by Gasteiger charge is 2.27. The summed E-state index contributed by atoms with van der Waals surface area (Å²) >= 11 is 0. The van der Waals surface area contributed by atoms with Crippen molar-refractivity contribution in [2.75, 3.05) is 24.5 Å². The van der Waals surface area contributed by atoms with Crippen LogP contribution in [0.1, 0.15) is 12.5 Å². The Bertz CT molecular complexity index is 638. The molecule has 5 heteroatoms. The Balaban J connectivity index is 1.65. The van der Waals surface area contributed by atoms with Crippen LogP contribution in [0.2, 0.25) is 0 Å². The number of carbonyl (C=O) groups is 1. The lowest BCUT2D eigenvalue weighted by atomic mass is 10.1. The summed E-state index contributed by atoms with van der Waals surface area (Å²) in [6.07, 6.45) is 5.21. The van der Waals surface area contributed by atoms with Gasteiger partial charge in [0.05, 0.1) is 6.33 Å². The molecule has 1 aliphatic rings. The third-order valence-electron chi connectivity index (χ3n) is 4.28. The summed E-state index contributed by atoms with van der Waals surface area (Å²) in [4.78, 5) is 20.8. The average Bonchev–Trinajstić information content (AvgIpc) is 3.00. The van der Waals surface area contributed by atoms with E-state index in [0.717, 1.165) is 19.6 Å². The van der Waals surface area contributed by atoms with Crippen molar-refractivity contribution in [1.29, 1.82) is 0 Å². The minimum absolute atomic E-state index is 0.162. The van der Waals surface area contributed by atoms with Crippen LogP contribution in [-0.2, 0) is 11.3 Å². The van der Waals surface area contributed by atoms with Crippen LogP contribution in [0.4, 0.5) is 5.69 Å². The number of hydrogen-bond acceptors (Lipinski definition) is 3. The predicted molar refractivity (Wildman–Crippen MR) is 86.8 cm³/mol. The second kappa shape index (κ2) is 6.22. The van der Waals surface area contributed by atoms with Crippen molar-refractivity contribution >= 4 is 11.6 Å². The number of nitrogens with zero attached hydrogens (tertiary/aromatic N) is 4. The van der Waals surface area contributed by atoms with Crippen LogP contribution in [0, 0.1) is 6.92 Å². The van der Waals surface area contributed by atoms with E-state index in [1.54, 1.807) is 12.5 Å². The molecule has 0 unspecified atom stereocenters. The minimum Gasteiger partial charge on any atom is -0.367 e. The zero-order chi connectivity index (χ0) is 15.5. The van der Waals surface area contributed by atoms with Gasteiger partial charge in [-0.2, -0.15) is 0 Å². The van der Waals surface area contributed by atoms with Crippen molar-refractivity contribution in [3.8, 4) is 0 Å². The molecule has 1 aromatic heterocycles. The molecular weight excluding hydrogens is 276 g/mol. The topological polar surface area (TPSA) is 41.4 Å². The maximum absolute atomic E-state index is 12.4. The van der Waals surface area contributed by atoms with Crippen LogP contribution in [0.15, 0.2) is 43.0 Å². The SMILES string of the molecule is Cc1ccccc1N1CCN(C(=O)Cn2ccnc2)[C@H](C)C1. The summed E-state index contributed by atoms with van der Waals surface area (Å²) < 4.78 is 1.82. The molecule has 0 radical (unpaired) electrons. The minimum atomic E-state index is 0.162. The summed E-state index contributed by atoms with van der Waals surface area (Å²) in [5, 5.41) is 0. The summed E-state index contributed by atoms with van der Waals surface area (Å²) in [6, 6.07) is 8.64. The van der Waals surface area contributed by atoms with Crippen LogP contribution in [0.25, 0.3) is 0 Å². The molecule has 0 bridgehead atoms. The predicted octanol–water partition coefficient (Wildman–Crippen LogP) is 1.93. The number of carbonyl (C=O) groups excluding carboxylic acids is 1. The highest BCUT2D eigenvalue weighted by atomic mass is 16.2. The quantitative estimate of drug-likeness (QED) is 0.869. The molecule has 0 N–H and O–H groups in total. The molecule has 2 aromatic rings. The number of hydrogen-bond donors (Lipinski definition) is 0. The van der Waals surface area contributed by atoms with Crippen molar-refractivity contribution in [3.63, 3.8) is 0 Å². The molecule has 0 spiro atoms. The van der Waals surface area contributed by atoms with Gasteiger partial charge >= 0.3 is 0 Å². The molecule has 1 aromatic carbocycles. The summed E-state index contributed by atoms with van der Waals surface area (Å²) in [5.74, 6) is 0.162. The van der Waals surface area contributed by atoms with Gasteiger partial charge in [-0.25, -0.2) is 4.98 Å². The van der Waals surface area contributed by atoms with Crippen LogP contribution >= 0.6 is 0 Å². The fraction of sp³-hybridized carbons (Fsp3) is 0.412. The van der Waals surface area contributed by atoms with E-state index in [-0.39, 0.29) is 11.9 Å². The molecule has 22 heavy (non-hydrogen) atoms. The van der Waals surface area contributed by atoms with Crippen molar-refractivity contribution in [2.24, 2.45) is 0 Å². The van der Waals surface area contributed by atoms with E-state index in [2.05, 4.69) is 48.0 Å². The second-order valence-electron chi connectivity index (χ2n) is 5.90. The lowest BCUT2D eigenvalue weighted by molar-refractivity contribution is -0.134. The Morgan fingerprint density at radius 3 is 2.82 bits per heavy atom. The van der Waals surface area contributed by atoms with Crippen LogP contribution in [-0.4, -0.2) is 46.0 Å². The van der Waals surface area contributed by atoms with E-state index >= 15 is 0 Å². The number of piperazine rings is 1. The molecule has 116 valence electrons. The molecule has 3 rings (SSSR count). The van der Waals surface area contributed by atoms with Gasteiger partial charge in [-0.1, -0.05) is 18.2 Å². The number of rotatable bonds is 3. The van der Waals surface area contributed by atoms with Gasteiger partial charge in [0.1, 0.15) is 6.54 Å². The van der Waals surface area contributed by atoms with Crippen molar-refractivity contribution in [1.82, 2.24) is 14.5 Å². The fourth-order valence-electron chi connectivity index (χ4n) is 3.09. The summed E-state index contributed by atoms with van der Waals surface area (Å²) in [7, 11) is 0. The largest absolute Gasteiger partial charge is 0.367 e. The van der Waals surface area contributed by atoms with E-state index in [4.69, 9.17) is 0 Å². The highest BCUT2D eigenvalue weighted by Crippen LogP contribution is 2.22. The fourth-order valence-corrected chi connectivity index (χ4v) is 3.09. The Hall–Kier alpha value is -2.30. The van der Waals surface area contributed by atoms with Crippen LogP contribution < -0.4 is 4.90 Å².